The Hall–Kier alpha value is -0.570. The Balaban J connectivity index is 3.17. The first-order chi connectivity index (χ1) is 4.20. The van der Waals surface area contributed by atoms with Gasteiger partial charge in [0.1, 0.15) is 11.6 Å². The van der Waals surface area contributed by atoms with Gasteiger partial charge in [0.15, 0.2) is 0 Å². The fourth-order valence-corrected chi connectivity index (χ4v) is 0.630. The highest BCUT2D eigenvalue weighted by molar-refractivity contribution is 7.80. The van der Waals surface area contributed by atoms with Crippen LogP contribution in [0.15, 0.2) is 17.0 Å². The summed E-state index contributed by atoms with van der Waals surface area (Å²) in [5.74, 6) is -1.15. The van der Waals surface area contributed by atoms with Gasteiger partial charge in [0.2, 0.25) is 0 Å². The summed E-state index contributed by atoms with van der Waals surface area (Å²) in [6.45, 7) is 0. The van der Waals surface area contributed by atoms with Crippen LogP contribution >= 0.6 is 12.6 Å². The SMILES string of the molecule is Fc1c[c]c(F)c(S)c1. The van der Waals surface area contributed by atoms with E-state index < -0.39 is 11.6 Å². The van der Waals surface area contributed by atoms with Crippen LogP contribution in [0.4, 0.5) is 8.78 Å². The fourth-order valence-electron chi connectivity index (χ4n) is 0.442. The molecule has 0 nitrogen and oxygen atoms in total. The molecule has 0 aliphatic heterocycles. The number of halogens is 2. The quantitative estimate of drug-likeness (QED) is 0.531. The molecule has 1 aromatic carbocycles. The van der Waals surface area contributed by atoms with Crippen molar-refractivity contribution >= 4 is 12.6 Å². The number of hydrogen-bond acceptors (Lipinski definition) is 1. The van der Waals surface area contributed by atoms with Crippen molar-refractivity contribution in [2.75, 3.05) is 0 Å². The molecule has 0 aliphatic carbocycles. The molecular formula is C6H3F2S. The fraction of sp³-hybridized carbons (Fsp3) is 0. The summed E-state index contributed by atoms with van der Waals surface area (Å²) >= 11 is 3.62. The van der Waals surface area contributed by atoms with E-state index in [1.165, 1.54) is 0 Å². The van der Waals surface area contributed by atoms with Gasteiger partial charge in [-0.1, -0.05) is 0 Å². The molecule has 0 spiro atoms. The van der Waals surface area contributed by atoms with Crippen molar-refractivity contribution in [1.82, 2.24) is 0 Å². The summed E-state index contributed by atoms with van der Waals surface area (Å²) in [7, 11) is 0. The maximum Gasteiger partial charge on any atom is 0.144 e. The first-order valence-electron chi connectivity index (χ1n) is 2.26. The summed E-state index contributed by atoms with van der Waals surface area (Å²) in [5.41, 5.74) is 0. The number of benzene rings is 1. The maximum atomic E-state index is 12.2. The molecule has 1 rings (SSSR count). The first kappa shape index (κ1) is 6.55. The van der Waals surface area contributed by atoms with Crippen molar-refractivity contribution in [3.05, 3.63) is 29.8 Å². The van der Waals surface area contributed by atoms with E-state index >= 15 is 0 Å². The lowest BCUT2D eigenvalue weighted by molar-refractivity contribution is 0.575. The van der Waals surface area contributed by atoms with E-state index in [9.17, 15) is 8.78 Å². The predicted octanol–water partition coefficient (Wildman–Crippen LogP) is 2.05. The number of rotatable bonds is 0. The molecule has 1 radical (unpaired) electrons. The van der Waals surface area contributed by atoms with Gasteiger partial charge in [0.05, 0.1) is 0 Å². The second-order valence-corrected chi connectivity index (χ2v) is 2.00. The highest BCUT2D eigenvalue weighted by atomic mass is 32.1. The second-order valence-electron chi connectivity index (χ2n) is 1.52. The molecule has 47 valence electrons. The van der Waals surface area contributed by atoms with Crippen LogP contribution < -0.4 is 0 Å². The van der Waals surface area contributed by atoms with Gasteiger partial charge in [0.25, 0.3) is 0 Å². The standard InChI is InChI=1S/C6H3F2S/c7-4-1-2-5(8)6(9)3-4/h1,3,9H. The van der Waals surface area contributed by atoms with Crippen molar-refractivity contribution in [1.29, 1.82) is 0 Å². The molecule has 0 heterocycles. The average Bonchev–Trinajstić information content (AvgIpc) is 1.80. The van der Waals surface area contributed by atoms with Crippen molar-refractivity contribution in [3.63, 3.8) is 0 Å². The normalized spacial score (nSPS) is 9.67. The van der Waals surface area contributed by atoms with E-state index in [1.54, 1.807) is 0 Å². The molecule has 3 heteroatoms. The van der Waals surface area contributed by atoms with Gasteiger partial charge in [-0.2, -0.15) is 0 Å². The molecule has 0 unspecified atom stereocenters. The Morgan fingerprint density at radius 2 is 2.11 bits per heavy atom. The molecule has 0 saturated carbocycles. The third kappa shape index (κ3) is 1.42. The van der Waals surface area contributed by atoms with Crippen LogP contribution in [0.2, 0.25) is 0 Å². The molecule has 0 atom stereocenters. The summed E-state index contributed by atoms with van der Waals surface area (Å²) in [4.78, 5) is -0.0185. The molecule has 1 aromatic rings. The Labute approximate surface area is 56.9 Å². The molecule has 0 N–H and O–H groups in total. The summed E-state index contributed by atoms with van der Waals surface area (Å²) < 4.78 is 24.3. The van der Waals surface area contributed by atoms with Gasteiger partial charge in [-0.25, -0.2) is 8.78 Å². The van der Waals surface area contributed by atoms with Crippen LogP contribution in [0.1, 0.15) is 0 Å². The second kappa shape index (κ2) is 2.35. The van der Waals surface area contributed by atoms with Gasteiger partial charge >= 0.3 is 0 Å². The van der Waals surface area contributed by atoms with Crippen LogP contribution in [0.3, 0.4) is 0 Å². The minimum Gasteiger partial charge on any atom is -0.207 e. The minimum atomic E-state index is -0.625. The third-order valence-electron chi connectivity index (χ3n) is 0.836. The van der Waals surface area contributed by atoms with E-state index in [0.717, 1.165) is 12.1 Å². The topological polar surface area (TPSA) is 0 Å². The lowest BCUT2D eigenvalue weighted by Crippen LogP contribution is -1.79. The first-order valence-corrected chi connectivity index (χ1v) is 2.70. The van der Waals surface area contributed by atoms with Gasteiger partial charge in [-0.3, -0.25) is 0 Å². The zero-order valence-electron chi connectivity index (χ0n) is 4.36. The molecule has 0 aromatic heterocycles. The highest BCUT2D eigenvalue weighted by Crippen LogP contribution is 2.11. The minimum absolute atomic E-state index is 0.0185. The number of thiol groups is 1. The Morgan fingerprint density at radius 1 is 1.44 bits per heavy atom. The summed E-state index contributed by atoms with van der Waals surface area (Å²) in [6.07, 6.45) is 0. The zero-order valence-corrected chi connectivity index (χ0v) is 5.25. The lowest BCUT2D eigenvalue weighted by atomic mass is 10.3. The van der Waals surface area contributed by atoms with E-state index in [2.05, 4.69) is 12.6 Å². The van der Waals surface area contributed by atoms with Crippen molar-refractivity contribution in [3.8, 4) is 0 Å². The van der Waals surface area contributed by atoms with Crippen LogP contribution in [0.25, 0.3) is 0 Å². The highest BCUT2D eigenvalue weighted by Gasteiger charge is 1.97. The van der Waals surface area contributed by atoms with Crippen LogP contribution in [0, 0.1) is 17.7 Å². The molecule has 9 heavy (non-hydrogen) atoms. The predicted molar refractivity (Wildman–Crippen MR) is 32.4 cm³/mol. The van der Waals surface area contributed by atoms with Crippen LogP contribution in [0.5, 0.6) is 0 Å². The smallest absolute Gasteiger partial charge is 0.144 e. The summed E-state index contributed by atoms with van der Waals surface area (Å²) in [5, 5.41) is 0. The Morgan fingerprint density at radius 3 is 2.56 bits per heavy atom. The molecule has 0 saturated heterocycles. The van der Waals surface area contributed by atoms with Crippen molar-refractivity contribution in [2.45, 2.75) is 4.90 Å². The lowest BCUT2D eigenvalue weighted by Gasteiger charge is -1.90. The van der Waals surface area contributed by atoms with E-state index in [1.807, 2.05) is 6.07 Å². The van der Waals surface area contributed by atoms with Gasteiger partial charge < -0.3 is 0 Å². The van der Waals surface area contributed by atoms with E-state index in [0.29, 0.717) is 0 Å². The zero-order chi connectivity index (χ0) is 6.85. The van der Waals surface area contributed by atoms with Gasteiger partial charge in [-0.05, 0) is 12.1 Å². The largest absolute Gasteiger partial charge is 0.207 e. The molecule has 0 bridgehead atoms. The van der Waals surface area contributed by atoms with Gasteiger partial charge in [0, 0.05) is 11.0 Å². The monoisotopic (exact) mass is 145 g/mol. The van der Waals surface area contributed by atoms with E-state index in [4.69, 9.17) is 0 Å². The average molecular weight is 145 g/mol. The Bertz CT molecular complexity index is 222. The molecule has 0 fully saturated rings. The molecule has 0 aliphatic rings. The summed E-state index contributed by atoms with van der Waals surface area (Å²) in [6, 6.07) is 3.97. The van der Waals surface area contributed by atoms with Crippen molar-refractivity contribution < 1.29 is 8.78 Å². The number of hydrogen-bond donors (Lipinski definition) is 1. The van der Waals surface area contributed by atoms with Crippen LogP contribution in [-0.4, -0.2) is 0 Å². The molecule has 0 amide bonds. The van der Waals surface area contributed by atoms with E-state index in [-0.39, 0.29) is 4.90 Å². The van der Waals surface area contributed by atoms with Crippen LogP contribution in [-0.2, 0) is 0 Å². The Kier molecular flexibility index (Phi) is 1.71. The van der Waals surface area contributed by atoms with Gasteiger partial charge in [-0.15, -0.1) is 12.6 Å². The van der Waals surface area contributed by atoms with Crippen molar-refractivity contribution in [2.24, 2.45) is 0 Å². The third-order valence-corrected chi connectivity index (χ3v) is 1.16. The maximum absolute atomic E-state index is 12.2. The molecular weight excluding hydrogens is 142 g/mol.